The highest BCUT2D eigenvalue weighted by Gasteiger charge is 2.36. The predicted molar refractivity (Wildman–Crippen MR) is 44.1 cm³/mol. The molecule has 2 nitrogen and oxygen atoms in total. The topological polar surface area (TPSA) is 34.1 Å². The Morgan fingerprint density at radius 3 is 1.67 bits per heavy atom. The van der Waals surface area contributed by atoms with Gasteiger partial charge in [-0.25, -0.2) is 0 Å². The fourth-order valence-corrected chi connectivity index (χ4v) is 1.72. The molecule has 1 aromatic carbocycles. The van der Waals surface area contributed by atoms with E-state index in [0.29, 0.717) is 0 Å². The van der Waals surface area contributed by atoms with Crippen LogP contribution in [0.4, 0.5) is 0 Å². The molecule has 1 aromatic rings. The summed E-state index contributed by atoms with van der Waals surface area (Å²) in [4.78, 5) is 21.1. The molecule has 1 aliphatic rings. The van der Waals surface area contributed by atoms with Crippen LogP contribution in [0.3, 0.4) is 0 Å². The van der Waals surface area contributed by atoms with Gasteiger partial charge in [-0.1, -0.05) is 24.3 Å². The number of hydrogen-bond acceptors (Lipinski definition) is 2. The van der Waals surface area contributed by atoms with Crippen molar-refractivity contribution in [2.24, 2.45) is 0 Å². The van der Waals surface area contributed by atoms with Crippen molar-refractivity contribution in [3.05, 3.63) is 35.4 Å². The molecule has 0 unspecified atom stereocenters. The third-order valence-corrected chi connectivity index (χ3v) is 2.39. The summed E-state index contributed by atoms with van der Waals surface area (Å²) in [5.74, 6) is -0.391. The van der Waals surface area contributed by atoms with E-state index >= 15 is 0 Å². The van der Waals surface area contributed by atoms with Gasteiger partial charge in [0.2, 0.25) is 0 Å². The first-order valence-electron chi connectivity index (χ1n) is 3.88. The fourth-order valence-electron chi connectivity index (χ4n) is 1.72. The molecular formula is C10H8O2. The summed E-state index contributed by atoms with van der Waals surface area (Å²) in [7, 11) is 0. The van der Waals surface area contributed by atoms with Crippen molar-refractivity contribution < 1.29 is 9.59 Å². The molecule has 0 N–H and O–H groups in total. The molecule has 2 rings (SSSR count). The van der Waals surface area contributed by atoms with Gasteiger partial charge in [-0.05, 0) is 11.1 Å². The average Bonchev–Trinajstić information content (AvgIpc) is 2.08. The van der Waals surface area contributed by atoms with Crippen molar-refractivity contribution >= 4 is 12.6 Å². The molecule has 0 amide bonds. The average molecular weight is 160 g/mol. The quantitative estimate of drug-likeness (QED) is 0.610. The summed E-state index contributed by atoms with van der Waals surface area (Å²) < 4.78 is 0. The van der Waals surface area contributed by atoms with Crippen LogP contribution in [-0.2, 0) is 9.59 Å². The molecule has 12 heavy (non-hydrogen) atoms. The van der Waals surface area contributed by atoms with Crippen molar-refractivity contribution in [3.8, 4) is 0 Å². The Hall–Kier alpha value is -1.44. The number of hydrogen-bond donors (Lipinski definition) is 0. The maximum absolute atomic E-state index is 10.6. The molecule has 0 bridgehead atoms. The highest BCUT2D eigenvalue weighted by atomic mass is 16.1. The second kappa shape index (κ2) is 2.55. The summed E-state index contributed by atoms with van der Waals surface area (Å²) in [5.41, 5.74) is 2.01. The van der Waals surface area contributed by atoms with E-state index in [4.69, 9.17) is 0 Å². The molecule has 2 atom stereocenters. The normalized spacial score (nSPS) is 25.3. The zero-order chi connectivity index (χ0) is 8.55. The van der Waals surface area contributed by atoms with Crippen LogP contribution in [0.2, 0.25) is 0 Å². The Bertz CT molecular complexity index is 297. The second-order valence-electron chi connectivity index (χ2n) is 2.95. The fraction of sp³-hybridized carbons (Fsp3) is 0.200. The maximum atomic E-state index is 10.6. The van der Waals surface area contributed by atoms with Gasteiger partial charge in [-0.2, -0.15) is 0 Å². The van der Waals surface area contributed by atoms with E-state index in [0.717, 1.165) is 23.7 Å². The van der Waals surface area contributed by atoms with Crippen LogP contribution in [-0.4, -0.2) is 12.6 Å². The Balaban J connectivity index is 2.46. The van der Waals surface area contributed by atoms with Gasteiger partial charge in [0.15, 0.2) is 0 Å². The van der Waals surface area contributed by atoms with Gasteiger partial charge in [0, 0.05) is 0 Å². The third-order valence-electron chi connectivity index (χ3n) is 2.39. The van der Waals surface area contributed by atoms with Crippen molar-refractivity contribution in [3.63, 3.8) is 0 Å². The molecular weight excluding hydrogens is 152 g/mol. The molecule has 0 radical (unpaired) electrons. The first-order chi connectivity index (χ1) is 5.88. The molecule has 0 saturated carbocycles. The van der Waals surface area contributed by atoms with Crippen LogP contribution < -0.4 is 0 Å². The van der Waals surface area contributed by atoms with Gasteiger partial charge in [0.1, 0.15) is 12.6 Å². The Morgan fingerprint density at radius 2 is 1.33 bits per heavy atom. The number of carbonyl (C=O) groups is 2. The van der Waals surface area contributed by atoms with E-state index in [-0.39, 0.29) is 11.8 Å². The number of fused-ring (bicyclic) bond motifs is 1. The first kappa shape index (κ1) is 7.22. The van der Waals surface area contributed by atoms with Crippen molar-refractivity contribution in [1.82, 2.24) is 0 Å². The van der Waals surface area contributed by atoms with E-state index < -0.39 is 0 Å². The summed E-state index contributed by atoms with van der Waals surface area (Å²) in [5, 5.41) is 0. The summed E-state index contributed by atoms with van der Waals surface area (Å²) in [6.45, 7) is 0. The van der Waals surface area contributed by atoms with Gasteiger partial charge >= 0.3 is 0 Å². The molecule has 0 aromatic heterocycles. The zero-order valence-electron chi connectivity index (χ0n) is 6.44. The Kier molecular flexibility index (Phi) is 1.54. The van der Waals surface area contributed by atoms with Crippen LogP contribution in [0.5, 0.6) is 0 Å². The van der Waals surface area contributed by atoms with Gasteiger partial charge in [0.25, 0.3) is 0 Å². The van der Waals surface area contributed by atoms with E-state index in [1.807, 2.05) is 24.3 Å². The van der Waals surface area contributed by atoms with E-state index in [1.165, 1.54) is 0 Å². The standard InChI is InChI=1S/C10H8O2/c11-5-9-7-3-1-2-4-8(7)10(9)6-12/h1-6,9-10H/t9-,10+. The molecule has 2 heteroatoms. The molecule has 60 valence electrons. The van der Waals surface area contributed by atoms with Crippen molar-refractivity contribution in [2.75, 3.05) is 0 Å². The van der Waals surface area contributed by atoms with Gasteiger partial charge in [-0.15, -0.1) is 0 Å². The monoisotopic (exact) mass is 160 g/mol. The smallest absolute Gasteiger partial charge is 0.128 e. The minimum atomic E-state index is -0.196. The van der Waals surface area contributed by atoms with Gasteiger partial charge in [0.05, 0.1) is 11.8 Å². The summed E-state index contributed by atoms with van der Waals surface area (Å²) in [6.07, 6.45) is 1.70. The lowest BCUT2D eigenvalue weighted by Gasteiger charge is -2.31. The third kappa shape index (κ3) is 0.749. The van der Waals surface area contributed by atoms with Gasteiger partial charge in [-0.3, -0.25) is 0 Å². The minimum Gasteiger partial charge on any atom is -0.303 e. The Morgan fingerprint density at radius 1 is 0.917 bits per heavy atom. The van der Waals surface area contributed by atoms with Crippen LogP contribution in [0.15, 0.2) is 24.3 Å². The van der Waals surface area contributed by atoms with E-state index in [9.17, 15) is 9.59 Å². The molecule has 0 spiro atoms. The highest BCUT2D eigenvalue weighted by molar-refractivity contribution is 5.82. The SMILES string of the molecule is O=C[C@@H]1c2ccccc2[C@@H]1C=O. The van der Waals surface area contributed by atoms with Crippen LogP contribution in [0.1, 0.15) is 23.0 Å². The molecule has 0 heterocycles. The molecule has 0 saturated heterocycles. The summed E-state index contributed by atoms with van der Waals surface area (Å²) >= 11 is 0. The molecule has 1 aliphatic carbocycles. The van der Waals surface area contributed by atoms with E-state index in [1.54, 1.807) is 0 Å². The maximum Gasteiger partial charge on any atom is 0.128 e. The Labute approximate surface area is 70.2 Å². The van der Waals surface area contributed by atoms with Crippen LogP contribution in [0.25, 0.3) is 0 Å². The zero-order valence-corrected chi connectivity index (χ0v) is 6.44. The number of rotatable bonds is 2. The van der Waals surface area contributed by atoms with Crippen molar-refractivity contribution in [1.29, 1.82) is 0 Å². The number of aldehydes is 2. The predicted octanol–water partition coefficient (Wildman–Crippen LogP) is 1.27. The lowest BCUT2D eigenvalue weighted by Crippen LogP contribution is -2.26. The first-order valence-corrected chi connectivity index (χ1v) is 3.88. The number of carbonyl (C=O) groups excluding carboxylic acids is 2. The van der Waals surface area contributed by atoms with Crippen molar-refractivity contribution in [2.45, 2.75) is 11.8 Å². The lowest BCUT2D eigenvalue weighted by molar-refractivity contribution is -0.115. The summed E-state index contributed by atoms with van der Waals surface area (Å²) in [6, 6.07) is 7.56. The van der Waals surface area contributed by atoms with Gasteiger partial charge < -0.3 is 9.59 Å². The lowest BCUT2D eigenvalue weighted by atomic mass is 9.69. The molecule has 0 aliphatic heterocycles. The number of benzene rings is 1. The highest BCUT2D eigenvalue weighted by Crippen LogP contribution is 2.43. The minimum absolute atomic E-state index is 0.196. The largest absolute Gasteiger partial charge is 0.303 e. The van der Waals surface area contributed by atoms with Crippen LogP contribution >= 0.6 is 0 Å². The van der Waals surface area contributed by atoms with Crippen LogP contribution in [0, 0.1) is 0 Å². The second-order valence-corrected chi connectivity index (χ2v) is 2.95. The molecule has 0 fully saturated rings. The van der Waals surface area contributed by atoms with E-state index in [2.05, 4.69) is 0 Å².